The third-order valence-electron chi connectivity index (χ3n) is 1.64. The van der Waals surface area contributed by atoms with E-state index in [1.807, 2.05) is 17.8 Å². The van der Waals surface area contributed by atoms with Gasteiger partial charge in [0.1, 0.15) is 0 Å². The van der Waals surface area contributed by atoms with E-state index in [0.717, 1.165) is 17.2 Å². The summed E-state index contributed by atoms with van der Waals surface area (Å²) >= 11 is 1.90. The van der Waals surface area contributed by atoms with E-state index in [9.17, 15) is 0 Å². The second kappa shape index (κ2) is 5.17. The van der Waals surface area contributed by atoms with Crippen molar-refractivity contribution in [1.82, 2.24) is 4.98 Å². The Balaban J connectivity index is 2.68. The van der Waals surface area contributed by atoms with Gasteiger partial charge in [-0.05, 0) is 17.4 Å². The molecule has 1 rings (SSSR count). The summed E-state index contributed by atoms with van der Waals surface area (Å²) in [4.78, 5) is 4.21. The quantitative estimate of drug-likeness (QED) is 0.771. The molecule has 0 atom stereocenters. The van der Waals surface area contributed by atoms with E-state index in [1.54, 1.807) is 6.20 Å². The fraction of sp³-hybridized carbons (Fsp3) is 0.444. The largest absolute Gasteiger partial charge is 0.325 e. The molecule has 1 aromatic rings. The van der Waals surface area contributed by atoms with Gasteiger partial charge in [-0.2, -0.15) is 11.8 Å². The van der Waals surface area contributed by atoms with Crippen LogP contribution in [0.25, 0.3) is 0 Å². The average Bonchev–Trinajstić information content (AvgIpc) is 2.15. The van der Waals surface area contributed by atoms with E-state index in [2.05, 4.69) is 18.0 Å². The zero-order valence-electron chi connectivity index (χ0n) is 7.29. The van der Waals surface area contributed by atoms with Crippen molar-refractivity contribution < 1.29 is 0 Å². The molecule has 0 radical (unpaired) electrons. The normalized spacial score (nSPS) is 10.2. The summed E-state index contributed by atoms with van der Waals surface area (Å²) < 4.78 is 0. The molecule has 0 aliphatic heterocycles. The van der Waals surface area contributed by atoms with Crippen molar-refractivity contribution in [3.8, 4) is 0 Å². The molecule has 0 aliphatic carbocycles. The molecule has 2 nitrogen and oxygen atoms in total. The maximum atomic E-state index is 5.55. The second-order valence-corrected chi connectivity index (χ2v) is 3.72. The molecular formula is C9H14N2S. The minimum Gasteiger partial charge on any atom is -0.325 e. The van der Waals surface area contributed by atoms with E-state index in [-0.39, 0.29) is 0 Å². The van der Waals surface area contributed by atoms with Gasteiger partial charge in [0.2, 0.25) is 0 Å². The first-order chi connectivity index (χ1) is 5.88. The average molecular weight is 182 g/mol. The van der Waals surface area contributed by atoms with Crippen molar-refractivity contribution in [2.75, 3.05) is 5.75 Å². The molecule has 0 spiro atoms. The van der Waals surface area contributed by atoms with Gasteiger partial charge in [0.05, 0.1) is 5.69 Å². The minimum atomic E-state index is 0.542. The number of aromatic nitrogens is 1. The first kappa shape index (κ1) is 9.55. The lowest BCUT2D eigenvalue weighted by molar-refractivity contribution is 0.964. The molecule has 3 heteroatoms. The summed E-state index contributed by atoms with van der Waals surface area (Å²) in [6.45, 7) is 2.70. The van der Waals surface area contributed by atoms with Gasteiger partial charge in [-0.3, -0.25) is 4.98 Å². The van der Waals surface area contributed by atoms with Crippen LogP contribution < -0.4 is 5.73 Å². The highest BCUT2D eigenvalue weighted by molar-refractivity contribution is 7.98. The lowest BCUT2D eigenvalue weighted by Crippen LogP contribution is -2.03. The van der Waals surface area contributed by atoms with Crippen molar-refractivity contribution in [1.29, 1.82) is 0 Å². The number of hydrogen-bond acceptors (Lipinski definition) is 3. The molecule has 0 unspecified atom stereocenters. The van der Waals surface area contributed by atoms with Crippen LogP contribution in [0, 0.1) is 0 Å². The Labute approximate surface area is 77.6 Å². The van der Waals surface area contributed by atoms with Gasteiger partial charge < -0.3 is 5.73 Å². The first-order valence-corrected chi connectivity index (χ1v) is 5.24. The summed E-state index contributed by atoms with van der Waals surface area (Å²) in [5.74, 6) is 2.16. The molecule has 0 saturated carbocycles. The Bertz CT molecular complexity index is 238. The maximum absolute atomic E-state index is 5.55. The third kappa shape index (κ3) is 2.50. The molecular weight excluding hydrogens is 168 g/mol. The molecule has 0 bridgehead atoms. The van der Waals surface area contributed by atoms with Gasteiger partial charge in [-0.15, -0.1) is 0 Å². The minimum absolute atomic E-state index is 0.542. The smallest absolute Gasteiger partial charge is 0.0579 e. The highest BCUT2D eigenvalue weighted by atomic mass is 32.2. The van der Waals surface area contributed by atoms with Crippen LogP contribution in [0.3, 0.4) is 0 Å². The van der Waals surface area contributed by atoms with Crippen LogP contribution in [0.15, 0.2) is 18.3 Å². The molecule has 2 N–H and O–H groups in total. The van der Waals surface area contributed by atoms with Crippen molar-refractivity contribution in [2.24, 2.45) is 5.73 Å². The standard InChI is InChI=1S/C9H14N2S/c1-2-12-7-8-4-3-5-11-9(8)6-10/h3-5H,2,6-7,10H2,1H3. The number of nitrogens with zero attached hydrogens (tertiary/aromatic N) is 1. The van der Waals surface area contributed by atoms with Crippen LogP contribution in [0.4, 0.5) is 0 Å². The maximum Gasteiger partial charge on any atom is 0.0579 e. The zero-order valence-corrected chi connectivity index (χ0v) is 8.10. The summed E-state index contributed by atoms with van der Waals surface area (Å²) in [7, 11) is 0. The fourth-order valence-corrected chi connectivity index (χ4v) is 1.69. The van der Waals surface area contributed by atoms with Crippen molar-refractivity contribution >= 4 is 11.8 Å². The summed E-state index contributed by atoms with van der Waals surface area (Å²) in [6, 6.07) is 4.06. The van der Waals surface area contributed by atoms with E-state index >= 15 is 0 Å². The van der Waals surface area contributed by atoms with Crippen LogP contribution in [0.2, 0.25) is 0 Å². The molecule has 0 aliphatic rings. The van der Waals surface area contributed by atoms with Crippen molar-refractivity contribution in [3.63, 3.8) is 0 Å². The fourth-order valence-electron chi connectivity index (χ4n) is 0.999. The second-order valence-electron chi connectivity index (χ2n) is 2.45. The Kier molecular flexibility index (Phi) is 4.11. The van der Waals surface area contributed by atoms with Gasteiger partial charge in [0, 0.05) is 18.5 Å². The molecule has 0 amide bonds. The van der Waals surface area contributed by atoms with Gasteiger partial charge in [0.25, 0.3) is 0 Å². The number of nitrogens with two attached hydrogens (primary N) is 1. The molecule has 0 saturated heterocycles. The Hall–Kier alpha value is -0.540. The van der Waals surface area contributed by atoms with Gasteiger partial charge >= 0.3 is 0 Å². The third-order valence-corrected chi connectivity index (χ3v) is 2.56. The van der Waals surface area contributed by atoms with Crippen LogP contribution in [-0.2, 0) is 12.3 Å². The number of rotatable bonds is 4. The monoisotopic (exact) mass is 182 g/mol. The lowest BCUT2D eigenvalue weighted by Gasteiger charge is -2.04. The van der Waals surface area contributed by atoms with E-state index < -0.39 is 0 Å². The lowest BCUT2D eigenvalue weighted by atomic mass is 10.2. The van der Waals surface area contributed by atoms with E-state index in [1.165, 1.54) is 5.56 Å². The predicted molar refractivity (Wildman–Crippen MR) is 54.0 cm³/mol. The topological polar surface area (TPSA) is 38.9 Å². The highest BCUT2D eigenvalue weighted by Crippen LogP contribution is 2.13. The first-order valence-electron chi connectivity index (χ1n) is 4.09. The van der Waals surface area contributed by atoms with Gasteiger partial charge in [0.15, 0.2) is 0 Å². The number of pyridine rings is 1. The highest BCUT2D eigenvalue weighted by Gasteiger charge is 1.99. The molecule has 1 heterocycles. The van der Waals surface area contributed by atoms with E-state index in [4.69, 9.17) is 5.73 Å². The van der Waals surface area contributed by atoms with Gasteiger partial charge in [-0.25, -0.2) is 0 Å². The molecule has 66 valence electrons. The van der Waals surface area contributed by atoms with Crippen molar-refractivity contribution in [2.45, 2.75) is 19.2 Å². The van der Waals surface area contributed by atoms with Crippen LogP contribution in [0.1, 0.15) is 18.2 Å². The Morgan fingerprint density at radius 3 is 3.08 bits per heavy atom. The van der Waals surface area contributed by atoms with E-state index in [0.29, 0.717) is 6.54 Å². The Morgan fingerprint density at radius 2 is 2.42 bits per heavy atom. The van der Waals surface area contributed by atoms with Gasteiger partial charge in [-0.1, -0.05) is 13.0 Å². The number of hydrogen-bond donors (Lipinski definition) is 1. The Morgan fingerprint density at radius 1 is 1.58 bits per heavy atom. The van der Waals surface area contributed by atoms with Crippen LogP contribution >= 0.6 is 11.8 Å². The molecule has 0 aromatic carbocycles. The summed E-state index contributed by atoms with van der Waals surface area (Å²) in [6.07, 6.45) is 1.79. The van der Waals surface area contributed by atoms with Crippen LogP contribution in [-0.4, -0.2) is 10.7 Å². The summed E-state index contributed by atoms with van der Waals surface area (Å²) in [5.41, 5.74) is 7.85. The van der Waals surface area contributed by atoms with Crippen LogP contribution in [0.5, 0.6) is 0 Å². The molecule has 0 fully saturated rings. The SMILES string of the molecule is CCSCc1cccnc1CN. The molecule has 12 heavy (non-hydrogen) atoms. The predicted octanol–water partition coefficient (Wildman–Crippen LogP) is 1.79. The van der Waals surface area contributed by atoms with Crippen molar-refractivity contribution in [3.05, 3.63) is 29.6 Å². The summed E-state index contributed by atoms with van der Waals surface area (Å²) in [5, 5.41) is 0. The zero-order chi connectivity index (χ0) is 8.81. The molecule has 1 aromatic heterocycles. The number of thioether (sulfide) groups is 1.